The van der Waals surface area contributed by atoms with Crippen molar-refractivity contribution in [1.29, 1.82) is 0 Å². The lowest BCUT2D eigenvalue weighted by Crippen LogP contribution is -2.47. The largest absolute Gasteiger partial charge is 0.316 e. The number of rotatable bonds is 2. The molecule has 1 aromatic rings. The van der Waals surface area contributed by atoms with Gasteiger partial charge in [-0.05, 0) is 63.3 Å². The fourth-order valence-corrected chi connectivity index (χ4v) is 6.09. The minimum absolute atomic E-state index is 0.330. The smallest absolute Gasteiger partial charge is 0.243 e. The van der Waals surface area contributed by atoms with Crippen LogP contribution in [0.4, 0.5) is 0 Å². The van der Waals surface area contributed by atoms with Gasteiger partial charge in [0, 0.05) is 18.6 Å². The zero-order valence-corrected chi connectivity index (χ0v) is 14.0. The highest BCUT2D eigenvalue weighted by molar-refractivity contribution is 7.89. The van der Waals surface area contributed by atoms with E-state index >= 15 is 0 Å². The molecule has 3 rings (SSSR count). The van der Waals surface area contributed by atoms with Gasteiger partial charge in [-0.1, -0.05) is 12.1 Å². The summed E-state index contributed by atoms with van der Waals surface area (Å²) in [6.07, 6.45) is 0. The van der Waals surface area contributed by atoms with E-state index in [-0.39, 0.29) is 5.54 Å². The number of hydrogen-bond donors (Lipinski definition) is 1. The molecular formula is C16H24N2O2S. The van der Waals surface area contributed by atoms with E-state index in [1.165, 1.54) is 0 Å². The number of hydrogen-bond acceptors (Lipinski definition) is 3. The molecule has 0 saturated carbocycles. The monoisotopic (exact) mass is 308 g/mol. The van der Waals surface area contributed by atoms with E-state index in [1.54, 1.807) is 10.4 Å². The molecule has 0 aliphatic carbocycles. The van der Waals surface area contributed by atoms with Crippen LogP contribution in [0.2, 0.25) is 0 Å². The topological polar surface area (TPSA) is 49.4 Å². The maximum absolute atomic E-state index is 13.2. The third-order valence-electron chi connectivity index (χ3n) is 5.20. The Labute approximate surface area is 127 Å². The van der Waals surface area contributed by atoms with E-state index in [2.05, 4.69) is 19.2 Å². The molecule has 0 aromatic heterocycles. The highest BCUT2D eigenvalue weighted by Crippen LogP contribution is 2.43. The van der Waals surface area contributed by atoms with Gasteiger partial charge in [0.1, 0.15) is 0 Å². The lowest BCUT2D eigenvalue weighted by molar-refractivity contribution is 0.233. The van der Waals surface area contributed by atoms with Crippen LogP contribution in [0.25, 0.3) is 0 Å². The van der Waals surface area contributed by atoms with Crippen molar-refractivity contribution in [3.05, 3.63) is 29.3 Å². The van der Waals surface area contributed by atoms with Crippen molar-refractivity contribution >= 4 is 10.0 Å². The van der Waals surface area contributed by atoms with Crippen LogP contribution in [0, 0.1) is 25.7 Å². The fourth-order valence-electron chi connectivity index (χ4n) is 3.90. The molecule has 0 amide bonds. The van der Waals surface area contributed by atoms with Crippen molar-refractivity contribution in [1.82, 2.24) is 9.62 Å². The summed E-state index contributed by atoms with van der Waals surface area (Å²) in [5.41, 5.74) is 1.48. The molecule has 2 aliphatic rings. The summed E-state index contributed by atoms with van der Waals surface area (Å²) in [7, 11) is -3.44. The van der Waals surface area contributed by atoms with Gasteiger partial charge >= 0.3 is 0 Å². The third kappa shape index (κ3) is 2.22. The Balaban J connectivity index is 2.05. The van der Waals surface area contributed by atoms with Gasteiger partial charge in [-0.15, -0.1) is 0 Å². The summed E-state index contributed by atoms with van der Waals surface area (Å²) in [6, 6.07) is 5.66. The van der Waals surface area contributed by atoms with Crippen molar-refractivity contribution < 1.29 is 8.42 Å². The standard InChI is InChI=1S/C16H24N2O2S/c1-11-5-6-12(2)15(7-11)21(19,20)18-10-13-8-17-9-14(13)16(18,3)4/h5-7,13-14,17H,8-10H2,1-4H3. The van der Waals surface area contributed by atoms with Crippen molar-refractivity contribution in [2.75, 3.05) is 19.6 Å². The van der Waals surface area contributed by atoms with Gasteiger partial charge in [-0.2, -0.15) is 4.31 Å². The Morgan fingerprint density at radius 3 is 2.62 bits per heavy atom. The van der Waals surface area contributed by atoms with Crippen LogP contribution in [-0.2, 0) is 10.0 Å². The fraction of sp³-hybridized carbons (Fsp3) is 0.625. The predicted molar refractivity (Wildman–Crippen MR) is 83.7 cm³/mol. The van der Waals surface area contributed by atoms with E-state index in [1.807, 2.05) is 26.0 Å². The molecule has 4 nitrogen and oxygen atoms in total. The summed E-state index contributed by atoms with van der Waals surface area (Å²) in [6.45, 7) is 10.4. The molecule has 21 heavy (non-hydrogen) atoms. The summed E-state index contributed by atoms with van der Waals surface area (Å²) < 4.78 is 28.1. The maximum atomic E-state index is 13.2. The van der Waals surface area contributed by atoms with Gasteiger partial charge in [0.05, 0.1) is 4.90 Å². The van der Waals surface area contributed by atoms with Crippen molar-refractivity contribution in [3.8, 4) is 0 Å². The second-order valence-electron chi connectivity index (χ2n) is 6.98. The molecule has 2 unspecified atom stereocenters. The van der Waals surface area contributed by atoms with Gasteiger partial charge < -0.3 is 5.32 Å². The van der Waals surface area contributed by atoms with E-state index in [4.69, 9.17) is 0 Å². The molecule has 2 heterocycles. The molecule has 0 bridgehead atoms. The van der Waals surface area contributed by atoms with Crippen molar-refractivity contribution in [3.63, 3.8) is 0 Å². The van der Waals surface area contributed by atoms with Gasteiger partial charge in [0.2, 0.25) is 10.0 Å². The van der Waals surface area contributed by atoms with E-state index in [0.717, 1.165) is 24.2 Å². The Morgan fingerprint density at radius 2 is 1.95 bits per heavy atom. The SMILES string of the molecule is Cc1ccc(C)c(S(=O)(=O)N2CC3CNCC3C2(C)C)c1. The summed E-state index contributed by atoms with van der Waals surface area (Å²) in [5, 5.41) is 3.39. The highest BCUT2D eigenvalue weighted by Gasteiger charge is 2.54. The van der Waals surface area contributed by atoms with Gasteiger partial charge in [-0.25, -0.2) is 8.42 Å². The quantitative estimate of drug-likeness (QED) is 0.908. The van der Waals surface area contributed by atoms with Gasteiger partial charge in [0.25, 0.3) is 0 Å². The molecule has 1 aromatic carbocycles. The van der Waals surface area contributed by atoms with Crippen LogP contribution < -0.4 is 5.32 Å². The number of nitrogens with zero attached hydrogens (tertiary/aromatic N) is 1. The summed E-state index contributed by atoms with van der Waals surface area (Å²) in [4.78, 5) is 0.462. The highest BCUT2D eigenvalue weighted by atomic mass is 32.2. The molecular weight excluding hydrogens is 284 g/mol. The zero-order valence-electron chi connectivity index (χ0n) is 13.2. The van der Waals surface area contributed by atoms with Crippen LogP contribution >= 0.6 is 0 Å². The first-order valence-electron chi connectivity index (χ1n) is 7.55. The Morgan fingerprint density at radius 1 is 1.24 bits per heavy atom. The van der Waals surface area contributed by atoms with E-state index in [9.17, 15) is 8.42 Å². The molecule has 2 fully saturated rings. The zero-order chi connectivity index (χ0) is 15.4. The Hall–Kier alpha value is -0.910. The molecule has 0 radical (unpaired) electrons. The number of aryl methyl sites for hydroxylation is 2. The molecule has 116 valence electrons. The normalized spacial score (nSPS) is 28.8. The number of sulfonamides is 1. The van der Waals surface area contributed by atoms with Crippen molar-refractivity contribution in [2.45, 2.75) is 38.1 Å². The maximum Gasteiger partial charge on any atom is 0.243 e. The number of nitrogens with one attached hydrogen (secondary N) is 1. The molecule has 5 heteroatoms. The van der Waals surface area contributed by atoms with Gasteiger partial charge in [0.15, 0.2) is 0 Å². The molecule has 2 atom stereocenters. The minimum atomic E-state index is -3.44. The third-order valence-corrected chi connectivity index (χ3v) is 7.40. The van der Waals surface area contributed by atoms with Crippen LogP contribution in [0.3, 0.4) is 0 Å². The first-order valence-corrected chi connectivity index (χ1v) is 8.99. The van der Waals surface area contributed by atoms with Crippen LogP contribution in [0.15, 0.2) is 23.1 Å². The Bertz CT molecular complexity index is 667. The van der Waals surface area contributed by atoms with Gasteiger partial charge in [-0.3, -0.25) is 0 Å². The molecule has 0 spiro atoms. The average Bonchev–Trinajstić information content (AvgIpc) is 2.95. The second kappa shape index (κ2) is 4.80. The second-order valence-corrected chi connectivity index (χ2v) is 8.81. The lowest BCUT2D eigenvalue weighted by atomic mass is 9.85. The average molecular weight is 308 g/mol. The summed E-state index contributed by atoms with van der Waals surface area (Å²) >= 11 is 0. The predicted octanol–water partition coefficient (Wildman–Crippen LogP) is 1.92. The molecule has 2 saturated heterocycles. The van der Waals surface area contributed by atoms with Crippen molar-refractivity contribution in [2.24, 2.45) is 11.8 Å². The van der Waals surface area contributed by atoms with E-state index < -0.39 is 10.0 Å². The molecule has 2 aliphatic heterocycles. The minimum Gasteiger partial charge on any atom is -0.316 e. The first kappa shape index (κ1) is 15.0. The number of benzene rings is 1. The Kier molecular flexibility index (Phi) is 3.43. The first-order chi connectivity index (χ1) is 9.74. The number of fused-ring (bicyclic) bond motifs is 1. The lowest BCUT2D eigenvalue weighted by Gasteiger charge is -2.35. The summed E-state index contributed by atoms with van der Waals surface area (Å²) in [5.74, 6) is 0.831. The van der Waals surface area contributed by atoms with E-state index in [0.29, 0.717) is 23.3 Å². The van der Waals surface area contributed by atoms with Crippen LogP contribution in [-0.4, -0.2) is 37.9 Å². The van der Waals surface area contributed by atoms with Crippen LogP contribution in [0.1, 0.15) is 25.0 Å². The van der Waals surface area contributed by atoms with Crippen LogP contribution in [0.5, 0.6) is 0 Å². The molecule has 1 N–H and O–H groups in total.